The number of aromatic nitrogens is 2. The number of hydrogen-bond acceptors (Lipinski definition) is 6. The first kappa shape index (κ1) is 21.4. The first-order valence-corrected chi connectivity index (χ1v) is 11.1. The zero-order valence-corrected chi connectivity index (χ0v) is 17.3. The fourth-order valence-corrected chi connectivity index (χ4v) is 3.68. The average Bonchev–Trinajstić information content (AvgIpc) is 2.71. The van der Waals surface area contributed by atoms with Gasteiger partial charge in [0.2, 0.25) is 16.0 Å². The molecular formula is C17H31N7O2S. The summed E-state index contributed by atoms with van der Waals surface area (Å²) in [5.41, 5.74) is 0. The quantitative estimate of drug-likeness (QED) is 0.381. The van der Waals surface area contributed by atoms with Gasteiger partial charge in [0, 0.05) is 65.3 Å². The number of nitrogens with one attached hydrogen (secondary N) is 1. The van der Waals surface area contributed by atoms with Gasteiger partial charge in [0.1, 0.15) is 0 Å². The molecule has 0 aliphatic carbocycles. The van der Waals surface area contributed by atoms with Crippen molar-refractivity contribution in [2.45, 2.75) is 20.3 Å². The highest BCUT2D eigenvalue weighted by molar-refractivity contribution is 7.89. The van der Waals surface area contributed by atoms with Gasteiger partial charge in [-0.25, -0.2) is 22.7 Å². The van der Waals surface area contributed by atoms with Crippen molar-refractivity contribution in [3.8, 4) is 0 Å². The monoisotopic (exact) mass is 397 g/mol. The van der Waals surface area contributed by atoms with E-state index in [0.717, 1.165) is 44.6 Å². The van der Waals surface area contributed by atoms with Crippen molar-refractivity contribution in [1.82, 2.24) is 24.5 Å². The van der Waals surface area contributed by atoms with Gasteiger partial charge in [0.25, 0.3) is 0 Å². The van der Waals surface area contributed by atoms with Crippen molar-refractivity contribution in [3.05, 3.63) is 18.5 Å². The second-order valence-corrected chi connectivity index (χ2v) is 8.70. The van der Waals surface area contributed by atoms with Crippen LogP contribution in [0.2, 0.25) is 0 Å². The highest BCUT2D eigenvalue weighted by Crippen LogP contribution is 2.10. The SMILES string of the molecule is CCNC(=NCCCN(C)S(=O)(=O)CC)N1CCN(c2ncccn2)CC1. The molecular weight excluding hydrogens is 366 g/mol. The first-order valence-electron chi connectivity index (χ1n) is 9.47. The van der Waals surface area contributed by atoms with Gasteiger partial charge in [0.05, 0.1) is 5.75 Å². The molecule has 0 amide bonds. The lowest BCUT2D eigenvalue weighted by Crippen LogP contribution is -2.53. The van der Waals surface area contributed by atoms with Gasteiger partial charge in [0.15, 0.2) is 5.96 Å². The van der Waals surface area contributed by atoms with E-state index in [9.17, 15) is 8.42 Å². The summed E-state index contributed by atoms with van der Waals surface area (Å²) in [7, 11) is -1.50. The molecule has 1 aliphatic heterocycles. The highest BCUT2D eigenvalue weighted by Gasteiger charge is 2.21. The summed E-state index contributed by atoms with van der Waals surface area (Å²) >= 11 is 0. The standard InChI is InChI=1S/C17H31N7O2S/c1-4-18-16(21-10-7-11-22(3)27(25,26)5-2)23-12-14-24(15-13-23)17-19-8-6-9-20-17/h6,8-9H,4-5,7,10-15H2,1-3H3,(H,18,21). The number of rotatable bonds is 8. The summed E-state index contributed by atoms with van der Waals surface area (Å²) in [4.78, 5) is 17.7. The summed E-state index contributed by atoms with van der Waals surface area (Å²) in [6.07, 6.45) is 4.22. The van der Waals surface area contributed by atoms with Crippen molar-refractivity contribution in [1.29, 1.82) is 0 Å². The van der Waals surface area contributed by atoms with Gasteiger partial charge >= 0.3 is 0 Å². The molecule has 152 valence electrons. The molecule has 2 heterocycles. The van der Waals surface area contributed by atoms with Crippen molar-refractivity contribution in [2.24, 2.45) is 4.99 Å². The summed E-state index contributed by atoms with van der Waals surface area (Å²) in [5, 5.41) is 3.33. The number of piperazine rings is 1. The molecule has 0 radical (unpaired) electrons. The number of guanidine groups is 1. The Morgan fingerprint density at radius 2 is 1.89 bits per heavy atom. The van der Waals surface area contributed by atoms with Crippen LogP contribution in [0.3, 0.4) is 0 Å². The highest BCUT2D eigenvalue weighted by atomic mass is 32.2. The lowest BCUT2D eigenvalue weighted by Gasteiger charge is -2.36. The van der Waals surface area contributed by atoms with Crippen LogP contribution in [0, 0.1) is 0 Å². The van der Waals surface area contributed by atoms with E-state index in [-0.39, 0.29) is 5.75 Å². The Labute approximate surface area is 162 Å². The third kappa shape index (κ3) is 6.31. The minimum absolute atomic E-state index is 0.130. The minimum Gasteiger partial charge on any atom is -0.357 e. The molecule has 1 aliphatic rings. The second-order valence-electron chi connectivity index (χ2n) is 6.33. The van der Waals surface area contributed by atoms with Crippen molar-refractivity contribution >= 4 is 21.9 Å². The minimum atomic E-state index is -3.12. The molecule has 2 rings (SSSR count). The third-order valence-electron chi connectivity index (χ3n) is 4.48. The van der Waals surface area contributed by atoms with Crippen LogP contribution in [0.4, 0.5) is 5.95 Å². The van der Waals surface area contributed by atoms with Gasteiger partial charge in [-0.2, -0.15) is 0 Å². The predicted molar refractivity (Wildman–Crippen MR) is 109 cm³/mol. The van der Waals surface area contributed by atoms with Crippen LogP contribution in [-0.4, -0.2) is 92.2 Å². The van der Waals surface area contributed by atoms with Crippen LogP contribution in [-0.2, 0) is 10.0 Å². The average molecular weight is 398 g/mol. The zero-order chi connectivity index (χ0) is 19.7. The van der Waals surface area contributed by atoms with Crippen molar-refractivity contribution < 1.29 is 8.42 Å². The predicted octanol–water partition coefficient (Wildman–Crippen LogP) is 0.236. The number of nitrogens with zero attached hydrogens (tertiary/aromatic N) is 6. The fourth-order valence-electron chi connectivity index (χ4n) is 2.84. The summed E-state index contributed by atoms with van der Waals surface area (Å²) in [5.74, 6) is 1.77. The van der Waals surface area contributed by atoms with Gasteiger partial charge < -0.3 is 15.1 Å². The number of hydrogen-bond donors (Lipinski definition) is 1. The largest absolute Gasteiger partial charge is 0.357 e. The molecule has 0 unspecified atom stereocenters. The molecule has 0 spiro atoms. The number of anilines is 1. The van der Waals surface area contributed by atoms with Crippen molar-refractivity contribution in [2.75, 3.05) is 63.5 Å². The first-order chi connectivity index (χ1) is 13.0. The van der Waals surface area contributed by atoms with Crippen LogP contribution in [0.25, 0.3) is 0 Å². The molecule has 9 nitrogen and oxygen atoms in total. The van der Waals surface area contributed by atoms with E-state index in [4.69, 9.17) is 0 Å². The van der Waals surface area contributed by atoms with E-state index in [1.165, 1.54) is 4.31 Å². The topological polar surface area (TPSA) is 94.0 Å². The van der Waals surface area contributed by atoms with Crippen LogP contribution < -0.4 is 10.2 Å². The third-order valence-corrected chi connectivity index (χ3v) is 6.34. The normalized spacial score (nSPS) is 16.1. The van der Waals surface area contributed by atoms with E-state index in [2.05, 4.69) is 30.1 Å². The maximum absolute atomic E-state index is 11.8. The molecule has 0 aromatic carbocycles. The van der Waals surface area contributed by atoms with E-state index in [1.54, 1.807) is 26.4 Å². The summed E-state index contributed by atoms with van der Waals surface area (Å²) < 4.78 is 25.0. The van der Waals surface area contributed by atoms with Gasteiger partial charge in [-0.1, -0.05) is 0 Å². The van der Waals surface area contributed by atoms with Crippen molar-refractivity contribution in [3.63, 3.8) is 0 Å². The maximum Gasteiger partial charge on any atom is 0.225 e. The van der Waals surface area contributed by atoms with E-state index < -0.39 is 10.0 Å². The molecule has 1 fully saturated rings. The second kappa shape index (κ2) is 10.4. The lowest BCUT2D eigenvalue weighted by molar-refractivity contribution is 0.369. The van der Waals surface area contributed by atoms with E-state index >= 15 is 0 Å². The Morgan fingerprint density at radius 1 is 1.22 bits per heavy atom. The van der Waals surface area contributed by atoms with Crippen LogP contribution >= 0.6 is 0 Å². The Morgan fingerprint density at radius 3 is 2.48 bits per heavy atom. The van der Waals surface area contributed by atoms with Crippen LogP contribution in [0.15, 0.2) is 23.5 Å². The molecule has 27 heavy (non-hydrogen) atoms. The Balaban J connectivity index is 1.85. The van der Waals surface area contributed by atoms with Gasteiger partial charge in [-0.15, -0.1) is 0 Å². The molecule has 0 saturated carbocycles. The zero-order valence-electron chi connectivity index (χ0n) is 16.5. The molecule has 1 aromatic heterocycles. The fraction of sp³-hybridized carbons (Fsp3) is 0.706. The Bertz CT molecular complexity index is 688. The Kier molecular flexibility index (Phi) is 8.23. The Hall–Kier alpha value is -1.94. The maximum atomic E-state index is 11.8. The molecule has 1 aromatic rings. The molecule has 1 saturated heterocycles. The lowest BCUT2D eigenvalue weighted by atomic mass is 10.3. The number of sulfonamides is 1. The summed E-state index contributed by atoms with van der Waals surface area (Å²) in [6.45, 7) is 8.94. The smallest absolute Gasteiger partial charge is 0.225 e. The summed E-state index contributed by atoms with van der Waals surface area (Å²) in [6, 6.07) is 1.82. The number of aliphatic imine (C=N–C) groups is 1. The molecule has 0 bridgehead atoms. The molecule has 0 atom stereocenters. The van der Waals surface area contributed by atoms with Crippen LogP contribution in [0.1, 0.15) is 20.3 Å². The van der Waals surface area contributed by atoms with E-state index in [1.807, 2.05) is 13.0 Å². The van der Waals surface area contributed by atoms with Crippen LogP contribution in [0.5, 0.6) is 0 Å². The van der Waals surface area contributed by atoms with E-state index in [0.29, 0.717) is 19.5 Å². The molecule has 10 heteroatoms. The molecule has 1 N–H and O–H groups in total. The van der Waals surface area contributed by atoms with Gasteiger partial charge in [-0.3, -0.25) is 4.99 Å². The van der Waals surface area contributed by atoms with Gasteiger partial charge in [-0.05, 0) is 26.3 Å².